The number of carbonyl (C=O) groups is 2. The minimum Gasteiger partial charge on any atom is -0.462 e. The van der Waals surface area contributed by atoms with Gasteiger partial charge in [-0.25, -0.2) is 4.79 Å². The first-order valence-corrected chi connectivity index (χ1v) is 9.83. The third kappa shape index (κ3) is 3.82. The predicted octanol–water partition coefficient (Wildman–Crippen LogP) is 3.50. The van der Waals surface area contributed by atoms with Crippen LogP contribution in [0.2, 0.25) is 0 Å². The lowest BCUT2D eigenvalue weighted by molar-refractivity contribution is -0.116. The van der Waals surface area contributed by atoms with Crippen molar-refractivity contribution in [2.24, 2.45) is 5.92 Å². The van der Waals surface area contributed by atoms with E-state index in [1.165, 1.54) is 16.2 Å². The minimum atomic E-state index is -0.346. The van der Waals surface area contributed by atoms with Gasteiger partial charge in [0.1, 0.15) is 11.5 Å². The van der Waals surface area contributed by atoms with Crippen LogP contribution in [0.1, 0.15) is 52.5 Å². The molecule has 3 rings (SSSR count). The number of rotatable bonds is 5. The molecule has 26 heavy (non-hydrogen) atoms. The average Bonchev–Trinajstić information content (AvgIpc) is 3.06. The summed E-state index contributed by atoms with van der Waals surface area (Å²) in [5, 5.41) is 7.85. The zero-order valence-corrected chi connectivity index (χ0v) is 16.5. The van der Waals surface area contributed by atoms with Gasteiger partial charge in [0.2, 0.25) is 5.91 Å². The Morgan fingerprint density at radius 1 is 1.42 bits per heavy atom. The van der Waals surface area contributed by atoms with Crippen LogP contribution in [0.3, 0.4) is 0 Å². The normalized spacial score (nSPS) is 16.2. The highest BCUT2D eigenvalue weighted by atomic mass is 32.1. The Balaban J connectivity index is 1.85. The van der Waals surface area contributed by atoms with Crippen molar-refractivity contribution in [3.63, 3.8) is 0 Å². The number of amides is 1. The van der Waals surface area contributed by atoms with Crippen LogP contribution in [0.15, 0.2) is 6.07 Å². The molecule has 140 valence electrons. The van der Waals surface area contributed by atoms with Crippen LogP contribution in [0.25, 0.3) is 0 Å². The maximum atomic E-state index is 12.5. The Morgan fingerprint density at radius 3 is 2.85 bits per heavy atom. The number of carbonyl (C=O) groups excluding carboxylic acids is 2. The second-order valence-corrected chi connectivity index (χ2v) is 8.01. The van der Waals surface area contributed by atoms with Gasteiger partial charge in [0.25, 0.3) is 0 Å². The quantitative estimate of drug-likeness (QED) is 0.812. The Kier molecular flexibility index (Phi) is 5.46. The number of nitrogens with zero attached hydrogens (tertiary/aromatic N) is 2. The van der Waals surface area contributed by atoms with E-state index in [9.17, 15) is 9.59 Å². The molecule has 0 spiro atoms. The van der Waals surface area contributed by atoms with Gasteiger partial charge < -0.3 is 10.1 Å². The molecule has 6 nitrogen and oxygen atoms in total. The highest BCUT2D eigenvalue weighted by molar-refractivity contribution is 7.17. The lowest BCUT2D eigenvalue weighted by Gasteiger charge is -2.18. The summed E-state index contributed by atoms with van der Waals surface area (Å²) in [4.78, 5) is 26.2. The van der Waals surface area contributed by atoms with Crippen molar-refractivity contribution in [1.29, 1.82) is 0 Å². The van der Waals surface area contributed by atoms with Crippen LogP contribution in [-0.4, -0.2) is 28.3 Å². The van der Waals surface area contributed by atoms with E-state index in [-0.39, 0.29) is 18.4 Å². The van der Waals surface area contributed by atoms with E-state index >= 15 is 0 Å². The Hall–Kier alpha value is -2.15. The van der Waals surface area contributed by atoms with Gasteiger partial charge in [-0.3, -0.25) is 9.48 Å². The standard InChI is InChI=1S/C19H25N3O3S/c1-5-25-19(24)17-14-7-6-11(2)8-15(14)26-18(17)20-16(23)10-22-13(4)9-12(3)21-22/h9,11H,5-8,10H2,1-4H3,(H,20,23). The number of thiophene rings is 1. The van der Waals surface area contributed by atoms with Crippen LogP contribution < -0.4 is 5.32 Å². The molecule has 0 bridgehead atoms. The van der Waals surface area contributed by atoms with Gasteiger partial charge >= 0.3 is 5.97 Å². The second kappa shape index (κ2) is 7.61. The van der Waals surface area contributed by atoms with E-state index in [0.717, 1.165) is 36.2 Å². The van der Waals surface area contributed by atoms with Crippen molar-refractivity contribution in [1.82, 2.24) is 9.78 Å². The van der Waals surface area contributed by atoms with Gasteiger partial charge in [0, 0.05) is 10.6 Å². The zero-order valence-electron chi connectivity index (χ0n) is 15.7. The van der Waals surface area contributed by atoms with Gasteiger partial charge in [0.05, 0.1) is 17.9 Å². The van der Waals surface area contributed by atoms with Crippen LogP contribution in [0, 0.1) is 19.8 Å². The first-order valence-electron chi connectivity index (χ1n) is 9.01. The molecule has 0 radical (unpaired) electrons. The number of nitrogens with one attached hydrogen (secondary N) is 1. The average molecular weight is 375 g/mol. The van der Waals surface area contributed by atoms with Crippen molar-refractivity contribution in [2.45, 2.75) is 53.5 Å². The van der Waals surface area contributed by atoms with Gasteiger partial charge in [-0.2, -0.15) is 5.10 Å². The molecular weight excluding hydrogens is 350 g/mol. The molecule has 0 aliphatic heterocycles. The molecule has 2 aromatic heterocycles. The number of aromatic nitrogens is 2. The monoisotopic (exact) mass is 375 g/mol. The minimum absolute atomic E-state index is 0.126. The highest BCUT2D eigenvalue weighted by Gasteiger charge is 2.29. The molecule has 1 aliphatic carbocycles. The molecule has 0 aromatic carbocycles. The van der Waals surface area contributed by atoms with E-state index in [0.29, 0.717) is 23.1 Å². The number of aryl methyl sites for hydroxylation is 2. The molecular formula is C19H25N3O3S. The predicted molar refractivity (Wildman–Crippen MR) is 102 cm³/mol. The molecule has 0 saturated heterocycles. The number of ether oxygens (including phenoxy) is 1. The second-order valence-electron chi connectivity index (χ2n) is 6.91. The van der Waals surface area contributed by atoms with Crippen molar-refractivity contribution in [3.8, 4) is 0 Å². The zero-order chi connectivity index (χ0) is 18.8. The number of hydrogen-bond donors (Lipinski definition) is 1. The molecule has 1 amide bonds. The summed E-state index contributed by atoms with van der Waals surface area (Å²) in [5.41, 5.74) is 3.40. The highest BCUT2D eigenvalue weighted by Crippen LogP contribution is 2.40. The molecule has 1 atom stereocenters. The SMILES string of the molecule is CCOC(=O)c1c(NC(=O)Cn2nc(C)cc2C)sc2c1CCC(C)C2. The summed E-state index contributed by atoms with van der Waals surface area (Å²) in [5.74, 6) is 0.0591. The number of hydrogen-bond acceptors (Lipinski definition) is 5. The smallest absolute Gasteiger partial charge is 0.341 e. The lowest BCUT2D eigenvalue weighted by atomic mass is 9.88. The summed E-state index contributed by atoms with van der Waals surface area (Å²) in [6.45, 7) is 8.27. The van der Waals surface area contributed by atoms with Crippen molar-refractivity contribution >= 4 is 28.2 Å². The van der Waals surface area contributed by atoms with E-state index in [1.54, 1.807) is 11.6 Å². The van der Waals surface area contributed by atoms with Crippen molar-refractivity contribution in [2.75, 3.05) is 11.9 Å². The fourth-order valence-electron chi connectivity index (χ4n) is 3.40. The number of fused-ring (bicyclic) bond motifs is 1. The maximum Gasteiger partial charge on any atom is 0.341 e. The first-order chi connectivity index (χ1) is 12.4. The largest absolute Gasteiger partial charge is 0.462 e. The third-order valence-electron chi connectivity index (χ3n) is 4.64. The molecule has 1 N–H and O–H groups in total. The molecule has 0 fully saturated rings. The van der Waals surface area contributed by atoms with Gasteiger partial charge in [-0.15, -0.1) is 11.3 Å². The fraction of sp³-hybridized carbons (Fsp3) is 0.526. The third-order valence-corrected chi connectivity index (χ3v) is 5.81. The van der Waals surface area contributed by atoms with E-state index < -0.39 is 0 Å². The summed E-state index contributed by atoms with van der Waals surface area (Å²) in [6, 6.07) is 1.93. The first kappa shape index (κ1) is 18.6. The van der Waals surface area contributed by atoms with Crippen molar-refractivity contribution in [3.05, 3.63) is 33.5 Å². The topological polar surface area (TPSA) is 73.2 Å². The Labute approximate surface area is 157 Å². The number of anilines is 1. The molecule has 7 heteroatoms. The van der Waals surface area contributed by atoms with E-state index in [2.05, 4.69) is 17.3 Å². The van der Waals surface area contributed by atoms with Crippen LogP contribution in [0.4, 0.5) is 5.00 Å². The summed E-state index contributed by atoms with van der Waals surface area (Å²) in [7, 11) is 0. The van der Waals surface area contributed by atoms with Crippen LogP contribution in [0.5, 0.6) is 0 Å². The molecule has 2 heterocycles. The van der Waals surface area contributed by atoms with E-state index in [1.807, 2.05) is 19.9 Å². The Bertz CT molecular complexity index is 837. The molecule has 1 unspecified atom stereocenters. The van der Waals surface area contributed by atoms with Crippen LogP contribution in [-0.2, 0) is 28.9 Å². The maximum absolute atomic E-state index is 12.5. The lowest BCUT2D eigenvalue weighted by Crippen LogP contribution is -2.21. The van der Waals surface area contributed by atoms with Gasteiger partial charge in [-0.1, -0.05) is 6.92 Å². The summed E-state index contributed by atoms with van der Waals surface area (Å²) in [6.07, 6.45) is 2.85. The molecule has 2 aromatic rings. The van der Waals surface area contributed by atoms with E-state index in [4.69, 9.17) is 4.74 Å². The van der Waals surface area contributed by atoms with Gasteiger partial charge in [0.15, 0.2) is 0 Å². The number of esters is 1. The Morgan fingerprint density at radius 2 is 2.19 bits per heavy atom. The van der Waals surface area contributed by atoms with Crippen LogP contribution >= 0.6 is 11.3 Å². The molecule has 0 saturated carbocycles. The van der Waals surface area contributed by atoms with Gasteiger partial charge in [-0.05, 0) is 57.6 Å². The fourth-order valence-corrected chi connectivity index (χ4v) is 4.81. The summed E-state index contributed by atoms with van der Waals surface area (Å²) >= 11 is 1.51. The van der Waals surface area contributed by atoms with Crippen molar-refractivity contribution < 1.29 is 14.3 Å². The summed E-state index contributed by atoms with van der Waals surface area (Å²) < 4.78 is 6.91. The molecule has 1 aliphatic rings.